The molecule has 1 aromatic heterocycles. The van der Waals surface area contributed by atoms with Crippen LogP contribution in [0.3, 0.4) is 0 Å². The average molecular weight is 293 g/mol. The van der Waals surface area contributed by atoms with Crippen molar-refractivity contribution in [2.45, 2.75) is 0 Å². The SMILES string of the molecule is COc1ccc2nc(-c3ccc(C(N)=NO)cc3)ccc2c1. The summed E-state index contributed by atoms with van der Waals surface area (Å²) in [7, 11) is 1.64. The Morgan fingerprint density at radius 3 is 2.55 bits per heavy atom. The molecule has 0 aliphatic rings. The van der Waals surface area contributed by atoms with Gasteiger partial charge in [-0.1, -0.05) is 35.5 Å². The Hall–Kier alpha value is -3.08. The quantitative estimate of drug-likeness (QED) is 0.337. The van der Waals surface area contributed by atoms with Crippen LogP contribution >= 0.6 is 0 Å². The molecule has 3 N–H and O–H groups in total. The molecular weight excluding hydrogens is 278 g/mol. The molecule has 5 heteroatoms. The zero-order valence-electron chi connectivity index (χ0n) is 12.0. The third-order valence-electron chi connectivity index (χ3n) is 3.48. The lowest BCUT2D eigenvalue weighted by atomic mass is 10.1. The van der Waals surface area contributed by atoms with E-state index in [1.165, 1.54) is 0 Å². The molecule has 0 fully saturated rings. The first-order chi connectivity index (χ1) is 10.7. The van der Waals surface area contributed by atoms with Crippen molar-refractivity contribution in [3.8, 4) is 17.0 Å². The van der Waals surface area contributed by atoms with Crippen LogP contribution in [0.1, 0.15) is 5.56 Å². The number of hydrogen-bond acceptors (Lipinski definition) is 4. The number of amidine groups is 1. The van der Waals surface area contributed by atoms with E-state index in [4.69, 9.17) is 15.7 Å². The smallest absolute Gasteiger partial charge is 0.170 e. The first kappa shape index (κ1) is 13.9. The summed E-state index contributed by atoms with van der Waals surface area (Å²) in [5.41, 5.74) is 8.95. The van der Waals surface area contributed by atoms with Gasteiger partial charge in [-0.2, -0.15) is 0 Å². The standard InChI is InChI=1S/C17H15N3O2/c1-22-14-7-9-16-13(10-14)6-8-15(19-16)11-2-4-12(5-3-11)17(18)20-21/h2-10,21H,1H3,(H2,18,20). The predicted octanol–water partition coefficient (Wildman–Crippen LogP) is 3.00. The average Bonchev–Trinajstić information content (AvgIpc) is 2.60. The van der Waals surface area contributed by atoms with E-state index in [9.17, 15) is 0 Å². The molecule has 0 atom stereocenters. The largest absolute Gasteiger partial charge is 0.497 e. The number of aromatic nitrogens is 1. The number of fused-ring (bicyclic) bond motifs is 1. The lowest BCUT2D eigenvalue weighted by Gasteiger charge is -2.06. The van der Waals surface area contributed by atoms with Crippen molar-refractivity contribution < 1.29 is 9.94 Å². The Morgan fingerprint density at radius 2 is 1.86 bits per heavy atom. The summed E-state index contributed by atoms with van der Waals surface area (Å²) in [6, 6.07) is 17.1. The number of nitrogens with two attached hydrogens (primary N) is 1. The molecule has 2 aromatic carbocycles. The molecule has 0 unspecified atom stereocenters. The number of rotatable bonds is 3. The van der Waals surface area contributed by atoms with E-state index in [0.29, 0.717) is 5.56 Å². The summed E-state index contributed by atoms with van der Waals surface area (Å²) < 4.78 is 5.21. The van der Waals surface area contributed by atoms with Gasteiger partial charge in [0.1, 0.15) is 5.75 Å². The fourth-order valence-electron chi connectivity index (χ4n) is 2.26. The van der Waals surface area contributed by atoms with Crippen molar-refractivity contribution in [3.05, 3.63) is 60.2 Å². The summed E-state index contributed by atoms with van der Waals surface area (Å²) in [5, 5.41) is 12.7. The highest BCUT2D eigenvalue weighted by molar-refractivity contribution is 5.97. The van der Waals surface area contributed by atoms with Gasteiger partial charge in [-0.15, -0.1) is 0 Å². The van der Waals surface area contributed by atoms with E-state index >= 15 is 0 Å². The van der Waals surface area contributed by atoms with E-state index in [1.807, 2.05) is 42.5 Å². The Labute approximate surface area is 127 Å². The summed E-state index contributed by atoms with van der Waals surface area (Å²) >= 11 is 0. The molecule has 3 aromatic rings. The zero-order valence-corrected chi connectivity index (χ0v) is 12.0. The van der Waals surface area contributed by atoms with Gasteiger partial charge in [0.15, 0.2) is 5.84 Å². The van der Waals surface area contributed by atoms with Gasteiger partial charge in [-0.05, 0) is 24.3 Å². The second-order valence-electron chi connectivity index (χ2n) is 4.82. The molecular formula is C17H15N3O2. The third kappa shape index (κ3) is 2.56. The Bertz CT molecular complexity index is 842. The van der Waals surface area contributed by atoms with Gasteiger partial charge >= 0.3 is 0 Å². The van der Waals surface area contributed by atoms with E-state index < -0.39 is 0 Å². The normalized spacial score (nSPS) is 11.6. The lowest BCUT2D eigenvalue weighted by Crippen LogP contribution is -2.12. The van der Waals surface area contributed by atoms with Crippen LogP contribution in [0.5, 0.6) is 5.75 Å². The fraction of sp³-hybridized carbons (Fsp3) is 0.0588. The van der Waals surface area contributed by atoms with Crippen LogP contribution in [0.15, 0.2) is 59.8 Å². The molecule has 3 rings (SSSR count). The van der Waals surface area contributed by atoms with Crippen molar-refractivity contribution in [2.75, 3.05) is 7.11 Å². The van der Waals surface area contributed by atoms with Crippen molar-refractivity contribution >= 4 is 16.7 Å². The van der Waals surface area contributed by atoms with E-state index in [0.717, 1.165) is 27.9 Å². The molecule has 0 saturated carbocycles. The summed E-state index contributed by atoms with van der Waals surface area (Å²) in [5.74, 6) is 0.898. The molecule has 0 radical (unpaired) electrons. The van der Waals surface area contributed by atoms with Gasteiger partial charge in [0, 0.05) is 16.5 Å². The maximum atomic E-state index is 8.68. The van der Waals surface area contributed by atoms with Crippen molar-refractivity contribution in [1.82, 2.24) is 4.98 Å². The van der Waals surface area contributed by atoms with Gasteiger partial charge in [0.2, 0.25) is 0 Å². The Kier molecular flexibility index (Phi) is 3.62. The van der Waals surface area contributed by atoms with Gasteiger partial charge in [-0.3, -0.25) is 0 Å². The van der Waals surface area contributed by atoms with Gasteiger partial charge < -0.3 is 15.7 Å². The summed E-state index contributed by atoms with van der Waals surface area (Å²) in [4.78, 5) is 4.65. The molecule has 5 nitrogen and oxygen atoms in total. The Morgan fingerprint density at radius 1 is 1.09 bits per heavy atom. The minimum Gasteiger partial charge on any atom is -0.497 e. The monoisotopic (exact) mass is 293 g/mol. The maximum Gasteiger partial charge on any atom is 0.170 e. The molecule has 0 bridgehead atoms. The van der Waals surface area contributed by atoms with Gasteiger partial charge in [0.05, 0.1) is 18.3 Å². The molecule has 1 heterocycles. The van der Waals surface area contributed by atoms with Crippen LogP contribution in [0.25, 0.3) is 22.2 Å². The summed E-state index contributed by atoms with van der Waals surface area (Å²) in [6.45, 7) is 0. The van der Waals surface area contributed by atoms with Gasteiger partial charge in [0.25, 0.3) is 0 Å². The predicted molar refractivity (Wildman–Crippen MR) is 86.2 cm³/mol. The minimum atomic E-state index is 0.0881. The molecule has 22 heavy (non-hydrogen) atoms. The van der Waals surface area contributed by atoms with Crippen LogP contribution in [0, 0.1) is 0 Å². The minimum absolute atomic E-state index is 0.0881. The van der Waals surface area contributed by atoms with Crippen LogP contribution in [0.4, 0.5) is 0 Å². The zero-order chi connectivity index (χ0) is 15.5. The fourth-order valence-corrected chi connectivity index (χ4v) is 2.26. The first-order valence-corrected chi connectivity index (χ1v) is 6.74. The number of nitrogens with zero attached hydrogens (tertiary/aromatic N) is 2. The van der Waals surface area contributed by atoms with Crippen LogP contribution in [0.2, 0.25) is 0 Å². The first-order valence-electron chi connectivity index (χ1n) is 6.74. The highest BCUT2D eigenvalue weighted by Crippen LogP contribution is 2.24. The van der Waals surface area contributed by atoms with E-state index in [1.54, 1.807) is 19.2 Å². The number of hydrogen-bond donors (Lipinski definition) is 2. The van der Waals surface area contributed by atoms with Crippen molar-refractivity contribution in [2.24, 2.45) is 10.9 Å². The number of pyridine rings is 1. The second kappa shape index (κ2) is 5.73. The molecule has 0 aliphatic heterocycles. The molecule has 110 valence electrons. The molecule has 0 amide bonds. The number of methoxy groups -OCH3 is 1. The topological polar surface area (TPSA) is 80.7 Å². The molecule has 0 spiro atoms. The van der Waals surface area contributed by atoms with Crippen LogP contribution < -0.4 is 10.5 Å². The molecule has 0 saturated heterocycles. The van der Waals surface area contributed by atoms with Crippen LogP contribution in [-0.4, -0.2) is 23.1 Å². The number of oxime groups is 1. The third-order valence-corrected chi connectivity index (χ3v) is 3.48. The molecule has 0 aliphatic carbocycles. The highest BCUT2D eigenvalue weighted by atomic mass is 16.5. The van der Waals surface area contributed by atoms with E-state index in [-0.39, 0.29) is 5.84 Å². The van der Waals surface area contributed by atoms with Crippen molar-refractivity contribution in [3.63, 3.8) is 0 Å². The second-order valence-corrected chi connectivity index (χ2v) is 4.82. The number of ether oxygens (including phenoxy) is 1. The Balaban J connectivity index is 1.99. The van der Waals surface area contributed by atoms with Gasteiger partial charge in [-0.25, -0.2) is 4.98 Å². The van der Waals surface area contributed by atoms with Crippen LogP contribution in [-0.2, 0) is 0 Å². The summed E-state index contributed by atoms with van der Waals surface area (Å²) in [6.07, 6.45) is 0. The van der Waals surface area contributed by atoms with E-state index in [2.05, 4.69) is 10.1 Å². The lowest BCUT2D eigenvalue weighted by molar-refractivity contribution is 0.318. The number of benzene rings is 2. The highest BCUT2D eigenvalue weighted by Gasteiger charge is 2.04. The maximum absolute atomic E-state index is 8.68. The van der Waals surface area contributed by atoms with Crippen molar-refractivity contribution in [1.29, 1.82) is 0 Å².